The molecule has 0 spiro atoms. The molecule has 0 N–H and O–H groups in total. The number of aromatic nitrogens is 1. The lowest BCUT2D eigenvalue weighted by Crippen LogP contribution is -1.79. The summed E-state index contributed by atoms with van der Waals surface area (Å²) >= 11 is 7.34. The Balaban J connectivity index is 2.71. The second kappa shape index (κ2) is 4.52. The molecule has 1 rings (SSSR count). The minimum absolute atomic E-state index is 0.619. The van der Waals surface area contributed by atoms with E-state index in [4.69, 9.17) is 11.6 Å². The van der Waals surface area contributed by atoms with Crippen LogP contribution in [0.2, 0.25) is 0 Å². The lowest BCUT2D eigenvalue weighted by atomic mass is 10.2. The van der Waals surface area contributed by atoms with Crippen LogP contribution >= 0.6 is 22.9 Å². The van der Waals surface area contributed by atoms with Gasteiger partial charge in [-0.05, 0) is 12.5 Å². The highest BCUT2D eigenvalue weighted by Crippen LogP contribution is 2.13. The van der Waals surface area contributed by atoms with E-state index in [1.54, 1.807) is 11.3 Å². The smallest absolute Gasteiger partial charge is 0.0797 e. The fourth-order valence-electron chi connectivity index (χ4n) is 0.733. The van der Waals surface area contributed by atoms with E-state index >= 15 is 0 Å². The van der Waals surface area contributed by atoms with Gasteiger partial charge in [0.05, 0.1) is 5.51 Å². The average Bonchev–Trinajstić information content (AvgIpc) is 2.52. The number of alkyl halides is 1. The van der Waals surface area contributed by atoms with Crippen LogP contribution in [0.15, 0.2) is 17.3 Å². The highest BCUT2D eigenvalue weighted by molar-refractivity contribution is 7.10. The van der Waals surface area contributed by atoms with Crippen molar-refractivity contribution >= 4 is 29.0 Å². The topological polar surface area (TPSA) is 12.9 Å². The standard InChI is InChI=1S/C8H10ClNS/c1-2-7(4-9)3-8-5-10-6-11-8/h3,5-6H,2,4H2,1H3. The van der Waals surface area contributed by atoms with Gasteiger partial charge in [-0.25, -0.2) is 0 Å². The maximum atomic E-state index is 5.70. The van der Waals surface area contributed by atoms with Gasteiger partial charge in [0.1, 0.15) is 0 Å². The third-order valence-electron chi connectivity index (χ3n) is 1.42. The largest absolute Gasteiger partial charge is 0.253 e. The predicted molar refractivity (Wildman–Crippen MR) is 51.1 cm³/mol. The summed E-state index contributed by atoms with van der Waals surface area (Å²) < 4.78 is 0. The summed E-state index contributed by atoms with van der Waals surface area (Å²) in [5.74, 6) is 0.619. The van der Waals surface area contributed by atoms with E-state index in [0.717, 1.165) is 6.42 Å². The number of hydrogen-bond donors (Lipinski definition) is 0. The number of halogens is 1. The van der Waals surface area contributed by atoms with Gasteiger partial charge < -0.3 is 0 Å². The molecule has 0 amide bonds. The monoisotopic (exact) mass is 187 g/mol. The van der Waals surface area contributed by atoms with Crippen LogP contribution in [0.3, 0.4) is 0 Å². The van der Waals surface area contributed by atoms with Crippen LogP contribution in [0.4, 0.5) is 0 Å². The van der Waals surface area contributed by atoms with Crippen molar-refractivity contribution in [2.75, 3.05) is 5.88 Å². The molecule has 0 unspecified atom stereocenters. The summed E-state index contributed by atoms with van der Waals surface area (Å²) in [6, 6.07) is 0. The maximum Gasteiger partial charge on any atom is 0.0797 e. The Labute approximate surface area is 75.7 Å². The molecule has 1 heterocycles. The van der Waals surface area contributed by atoms with Gasteiger partial charge in [-0.3, -0.25) is 4.98 Å². The average molecular weight is 188 g/mol. The van der Waals surface area contributed by atoms with Crippen molar-refractivity contribution in [2.45, 2.75) is 13.3 Å². The van der Waals surface area contributed by atoms with Gasteiger partial charge in [0.2, 0.25) is 0 Å². The van der Waals surface area contributed by atoms with Crippen molar-refractivity contribution < 1.29 is 0 Å². The Bertz CT molecular complexity index is 222. The lowest BCUT2D eigenvalue weighted by molar-refractivity contribution is 1.12. The quantitative estimate of drug-likeness (QED) is 0.663. The zero-order chi connectivity index (χ0) is 8.10. The van der Waals surface area contributed by atoms with E-state index in [-0.39, 0.29) is 0 Å². The minimum atomic E-state index is 0.619. The highest BCUT2D eigenvalue weighted by Gasteiger charge is 1.93. The molecule has 1 aromatic heterocycles. The first-order valence-electron chi connectivity index (χ1n) is 3.50. The Morgan fingerprint density at radius 2 is 2.64 bits per heavy atom. The molecular weight excluding hydrogens is 178 g/mol. The van der Waals surface area contributed by atoms with Gasteiger partial charge in [-0.2, -0.15) is 0 Å². The lowest BCUT2D eigenvalue weighted by Gasteiger charge is -1.94. The fraction of sp³-hybridized carbons (Fsp3) is 0.375. The molecular formula is C8H10ClNS. The van der Waals surface area contributed by atoms with Crippen LogP contribution in [0.25, 0.3) is 6.08 Å². The molecule has 0 saturated heterocycles. The number of nitrogens with zero attached hydrogens (tertiary/aromatic N) is 1. The Hall–Kier alpha value is -0.340. The zero-order valence-electron chi connectivity index (χ0n) is 6.38. The van der Waals surface area contributed by atoms with Crippen molar-refractivity contribution in [3.8, 4) is 0 Å². The predicted octanol–water partition coefficient (Wildman–Crippen LogP) is 3.18. The second-order valence-corrected chi connectivity index (χ2v) is 3.38. The van der Waals surface area contributed by atoms with Crippen molar-refractivity contribution in [1.82, 2.24) is 4.98 Å². The van der Waals surface area contributed by atoms with Crippen LogP contribution in [-0.2, 0) is 0 Å². The molecule has 0 aliphatic carbocycles. The summed E-state index contributed by atoms with van der Waals surface area (Å²) in [7, 11) is 0. The Kier molecular flexibility index (Phi) is 3.60. The molecule has 0 saturated carbocycles. The number of hydrogen-bond acceptors (Lipinski definition) is 2. The summed E-state index contributed by atoms with van der Waals surface area (Å²) in [5, 5.41) is 0. The van der Waals surface area contributed by atoms with Crippen LogP contribution < -0.4 is 0 Å². The van der Waals surface area contributed by atoms with E-state index in [2.05, 4.69) is 18.0 Å². The molecule has 1 aromatic rings. The van der Waals surface area contributed by atoms with Gasteiger partial charge in [-0.15, -0.1) is 22.9 Å². The van der Waals surface area contributed by atoms with Crippen LogP contribution in [0.1, 0.15) is 18.2 Å². The first-order chi connectivity index (χ1) is 5.36. The molecule has 0 bridgehead atoms. The number of thiazole rings is 1. The summed E-state index contributed by atoms with van der Waals surface area (Å²) in [4.78, 5) is 5.16. The maximum absolute atomic E-state index is 5.70. The first kappa shape index (κ1) is 8.75. The summed E-state index contributed by atoms with van der Waals surface area (Å²) in [5.41, 5.74) is 3.09. The Morgan fingerprint density at radius 3 is 3.09 bits per heavy atom. The molecule has 0 radical (unpaired) electrons. The van der Waals surface area contributed by atoms with Crippen LogP contribution in [0.5, 0.6) is 0 Å². The SMILES string of the molecule is CCC(=Cc1cncs1)CCl. The highest BCUT2D eigenvalue weighted by atomic mass is 35.5. The number of rotatable bonds is 3. The summed E-state index contributed by atoms with van der Waals surface area (Å²) in [6.45, 7) is 2.11. The second-order valence-electron chi connectivity index (χ2n) is 2.19. The van der Waals surface area contributed by atoms with Crippen LogP contribution in [-0.4, -0.2) is 10.9 Å². The normalized spacial score (nSPS) is 12.0. The molecule has 11 heavy (non-hydrogen) atoms. The van der Waals surface area contributed by atoms with Crippen molar-refractivity contribution in [1.29, 1.82) is 0 Å². The molecule has 60 valence electrons. The zero-order valence-corrected chi connectivity index (χ0v) is 7.95. The third kappa shape index (κ3) is 2.64. The number of allylic oxidation sites excluding steroid dienone is 1. The van der Waals surface area contributed by atoms with Crippen molar-refractivity contribution in [2.24, 2.45) is 0 Å². The van der Waals surface area contributed by atoms with Gasteiger partial charge in [0.25, 0.3) is 0 Å². The van der Waals surface area contributed by atoms with Crippen LogP contribution in [0, 0.1) is 0 Å². The minimum Gasteiger partial charge on any atom is -0.253 e. The first-order valence-corrected chi connectivity index (χ1v) is 4.92. The van der Waals surface area contributed by atoms with Crippen molar-refractivity contribution in [3.63, 3.8) is 0 Å². The van der Waals surface area contributed by atoms with Gasteiger partial charge >= 0.3 is 0 Å². The molecule has 0 atom stereocenters. The van der Waals surface area contributed by atoms with E-state index in [9.17, 15) is 0 Å². The molecule has 0 aromatic carbocycles. The third-order valence-corrected chi connectivity index (χ3v) is 2.49. The van der Waals surface area contributed by atoms with E-state index in [1.165, 1.54) is 10.5 Å². The summed E-state index contributed by atoms with van der Waals surface area (Å²) in [6.07, 6.45) is 4.97. The Morgan fingerprint density at radius 1 is 1.82 bits per heavy atom. The van der Waals surface area contributed by atoms with E-state index in [0.29, 0.717) is 5.88 Å². The molecule has 0 aliphatic heterocycles. The molecule has 3 heteroatoms. The van der Waals surface area contributed by atoms with Gasteiger partial charge in [0.15, 0.2) is 0 Å². The van der Waals surface area contributed by atoms with Gasteiger partial charge in [0, 0.05) is 17.0 Å². The molecule has 1 nitrogen and oxygen atoms in total. The van der Waals surface area contributed by atoms with E-state index < -0.39 is 0 Å². The van der Waals surface area contributed by atoms with Gasteiger partial charge in [-0.1, -0.05) is 12.5 Å². The molecule has 0 aliphatic rings. The van der Waals surface area contributed by atoms with Crippen molar-refractivity contribution in [3.05, 3.63) is 22.2 Å². The van der Waals surface area contributed by atoms with E-state index in [1.807, 2.05) is 11.7 Å². The molecule has 0 fully saturated rings. The fourth-order valence-corrected chi connectivity index (χ4v) is 1.60.